The number of fused-ring (bicyclic) bond motifs is 1. The number of amides is 1. The van der Waals surface area contributed by atoms with Crippen molar-refractivity contribution in [3.63, 3.8) is 0 Å². The van der Waals surface area contributed by atoms with Gasteiger partial charge in [0.2, 0.25) is 0 Å². The highest BCUT2D eigenvalue weighted by molar-refractivity contribution is 7.89. The lowest BCUT2D eigenvalue weighted by molar-refractivity contribution is -0.137. The molecular weight excluding hydrogens is 509 g/mol. The van der Waals surface area contributed by atoms with Gasteiger partial charge in [0.15, 0.2) is 5.82 Å². The Morgan fingerprint density at radius 2 is 1.73 bits per heavy atom. The van der Waals surface area contributed by atoms with E-state index in [1.54, 1.807) is 18.2 Å². The summed E-state index contributed by atoms with van der Waals surface area (Å²) in [7, 11) is -2.12. The highest BCUT2D eigenvalue weighted by Crippen LogP contribution is 2.36. The molecule has 3 aromatic rings. The van der Waals surface area contributed by atoms with E-state index >= 15 is 0 Å². The van der Waals surface area contributed by atoms with Gasteiger partial charge in [0.25, 0.3) is 15.9 Å². The standard InChI is InChI=1S/C24H25F3N6O3S/c1-31-9-11-32(12-10-31)16-7-8-18(20(13-16)24(25,26)27)23(34)29-22-19-14-28-15-21(19)33(30-22)37(35,36)17-5-3-2-4-6-17/h2-8,13,28H,9-12,14-15H2,1H3,(H,29,30,34). The number of carbonyl (C=O) groups is 1. The third kappa shape index (κ3) is 4.81. The van der Waals surface area contributed by atoms with E-state index in [0.29, 0.717) is 30.0 Å². The van der Waals surface area contributed by atoms with Crippen LogP contribution >= 0.6 is 0 Å². The summed E-state index contributed by atoms with van der Waals surface area (Å²) in [5, 5.41) is 9.52. The molecule has 0 aliphatic carbocycles. The molecule has 1 saturated heterocycles. The summed E-state index contributed by atoms with van der Waals surface area (Å²) in [6, 6.07) is 11.3. The Morgan fingerprint density at radius 1 is 1.03 bits per heavy atom. The monoisotopic (exact) mass is 534 g/mol. The van der Waals surface area contributed by atoms with E-state index in [9.17, 15) is 26.4 Å². The number of halogens is 3. The van der Waals surface area contributed by atoms with Crippen molar-refractivity contribution >= 4 is 27.4 Å². The minimum absolute atomic E-state index is 0.00364. The van der Waals surface area contributed by atoms with Crippen molar-refractivity contribution in [1.82, 2.24) is 19.4 Å². The van der Waals surface area contributed by atoms with E-state index in [0.717, 1.165) is 29.3 Å². The smallest absolute Gasteiger partial charge is 0.369 e. The lowest BCUT2D eigenvalue weighted by atomic mass is 10.0. The van der Waals surface area contributed by atoms with Gasteiger partial charge in [-0.2, -0.15) is 25.7 Å². The van der Waals surface area contributed by atoms with Crippen molar-refractivity contribution < 1.29 is 26.4 Å². The molecule has 0 bridgehead atoms. The SMILES string of the molecule is CN1CCN(c2ccc(C(=O)Nc3nn(S(=O)(=O)c4ccccc4)c4c3CNC4)c(C(F)(F)F)c2)CC1. The number of hydrogen-bond donors (Lipinski definition) is 2. The quantitative estimate of drug-likeness (QED) is 0.519. The van der Waals surface area contributed by atoms with Gasteiger partial charge in [0.05, 0.1) is 21.7 Å². The van der Waals surface area contributed by atoms with Crippen LogP contribution in [0.2, 0.25) is 0 Å². The first-order valence-corrected chi connectivity index (χ1v) is 13.1. The van der Waals surface area contributed by atoms with Gasteiger partial charge in [-0.05, 0) is 37.4 Å². The summed E-state index contributed by atoms with van der Waals surface area (Å²) < 4.78 is 69.2. The number of piperazine rings is 1. The van der Waals surface area contributed by atoms with Crippen LogP contribution in [0, 0.1) is 0 Å². The summed E-state index contributed by atoms with van der Waals surface area (Å²) in [5.41, 5.74) is -0.505. The first kappa shape index (κ1) is 25.2. The summed E-state index contributed by atoms with van der Waals surface area (Å²) in [5.74, 6) is -1.12. The van der Waals surface area contributed by atoms with Crippen molar-refractivity contribution in [2.75, 3.05) is 43.4 Å². The number of rotatable bonds is 5. The van der Waals surface area contributed by atoms with Crippen LogP contribution in [0.1, 0.15) is 27.2 Å². The Labute approximate surface area is 211 Å². The number of nitrogens with zero attached hydrogens (tertiary/aromatic N) is 4. The normalized spacial score (nSPS) is 16.6. The van der Waals surface area contributed by atoms with Gasteiger partial charge < -0.3 is 20.4 Å². The molecule has 1 amide bonds. The predicted molar refractivity (Wildman–Crippen MR) is 131 cm³/mol. The lowest BCUT2D eigenvalue weighted by Crippen LogP contribution is -2.44. The van der Waals surface area contributed by atoms with E-state index < -0.39 is 33.2 Å². The van der Waals surface area contributed by atoms with Crippen molar-refractivity contribution in [3.8, 4) is 0 Å². The highest BCUT2D eigenvalue weighted by Gasteiger charge is 2.37. The number of aromatic nitrogens is 2. The van der Waals surface area contributed by atoms with Gasteiger partial charge in [-0.3, -0.25) is 4.79 Å². The molecule has 2 aliphatic heterocycles. The maximum atomic E-state index is 14.0. The molecule has 0 radical (unpaired) electrons. The molecular formula is C24H25F3N6O3S. The molecule has 1 aromatic heterocycles. The average molecular weight is 535 g/mol. The summed E-state index contributed by atoms with van der Waals surface area (Å²) in [4.78, 5) is 17.0. The molecule has 2 aliphatic rings. The first-order valence-electron chi connectivity index (χ1n) is 11.6. The maximum absolute atomic E-state index is 14.0. The minimum atomic E-state index is -4.77. The molecule has 2 N–H and O–H groups in total. The molecule has 3 heterocycles. The number of hydrogen-bond acceptors (Lipinski definition) is 7. The van der Waals surface area contributed by atoms with E-state index in [2.05, 4.69) is 20.6 Å². The van der Waals surface area contributed by atoms with Crippen LogP contribution in [-0.4, -0.2) is 61.6 Å². The fraction of sp³-hybridized carbons (Fsp3) is 0.333. The summed E-state index contributed by atoms with van der Waals surface area (Å²) in [6.07, 6.45) is -4.77. The van der Waals surface area contributed by atoms with E-state index in [1.807, 2.05) is 11.9 Å². The molecule has 5 rings (SSSR count). The molecule has 0 saturated carbocycles. The number of nitrogens with one attached hydrogen (secondary N) is 2. The Balaban J connectivity index is 1.47. The predicted octanol–water partition coefficient (Wildman–Crippen LogP) is 2.75. The number of carbonyl (C=O) groups excluding carboxylic acids is 1. The fourth-order valence-corrected chi connectivity index (χ4v) is 5.88. The highest BCUT2D eigenvalue weighted by atomic mass is 32.2. The second-order valence-electron chi connectivity index (χ2n) is 9.01. The van der Waals surface area contributed by atoms with Crippen LogP contribution in [0.15, 0.2) is 53.4 Å². The van der Waals surface area contributed by atoms with Crippen molar-refractivity contribution in [3.05, 3.63) is 70.9 Å². The number of anilines is 2. The van der Waals surface area contributed by atoms with Gasteiger partial charge in [-0.1, -0.05) is 18.2 Å². The summed E-state index contributed by atoms with van der Waals surface area (Å²) >= 11 is 0. The number of benzene rings is 2. The lowest BCUT2D eigenvalue weighted by Gasteiger charge is -2.34. The molecule has 196 valence electrons. The Kier molecular flexibility index (Phi) is 6.46. The molecule has 0 atom stereocenters. The zero-order valence-electron chi connectivity index (χ0n) is 19.9. The Morgan fingerprint density at radius 3 is 2.41 bits per heavy atom. The van der Waals surface area contributed by atoms with Gasteiger partial charge >= 0.3 is 6.18 Å². The molecule has 1 fully saturated rings. The average Bonchev–Trinajstić information content (AvgIpc) is 3.48. The first-order chi connectivity index (χ1) is 17.6. The molecule has 0 unspecified atom stereocenters. The minimum Gasteiger partial charge on any atom is -0.369 e. The van der Waals surface area contributed by atoms with Gasteiger partial charge in [0, 0.05) is 50.5 Å². The zero-order valence-corrected chi connectivity index (χ0v) is 20.7. The third-order valence-electron chi connectivity index (χ3n) is 6.57. The molecule has 37 heavy (non-hydrogen) atoms. The van der Waals surface area contributed by atoms with Crippen LogP contribution in [0.3, 0.4) is 0 Å². The van der Waals surface area contributed by atoms with Crippen LogP contribution in [0.4, 0.5) is 24.7 Å². The third-order valence-corrected chi connectivity index (χ3v) is 8.20. The van der Waals surface area contributed by atoms with Gasteiger partial charge in [-0.15, -0.1) is 5.10 Å². The van der Waals surface area contributed by atoms with Crippen molar-refractivity contribution in [2.24, 2.45) is 0 Å². The van der Waals surface area contributed by atoms with Crippen LogP contribution in [0.25, 0.3) is 0 Å². The second kappa shape index (κ2) is 9.47. The van der Waals surface area contributed by atoms with Gasteiger partial charge in [-0.25, -0.2) is 0 Å². The Bertz CT molecular complexity index is 1430. The van der Waals surface area contributed by atoms with E-state index in [1.165, 1.54) is 18.2 Å². The summed E-state index contributed by atoms with van der Waals surface area (Å²) in [6.45, 7) is 2.98. The van der Waals surface area contributed by atoms with Gasteiger partial charge in [0.1, 0.15) is 0 Å². The van der Waals surface area contributed by atoms with Crippen LogP contribution < -0.4 is 15.5 Å². The molecule has 13 heteroatoms. The maximum Gasteiger partial charge on any atom is 0.417 e. The topological polar surface area (TPSA) is 99.6 Å². The van der Waals surface area contributed by atoms with Crippen LogP contribution in [-0.2, 0) is 29.3 Å². The number of alkyl halides is 3. The van der Waals surface area contributed by atoms with E-state index in [4.69, 9.17) is 0 Å². The van der Waals surface area contributed by atoms with Crippen molar-refractivity contribution in [1.29, 1.82) is 0 Å². The van der Waals surface area contributed by atoms with E-state index in [-0.39, 0.29) is 23.8 Å². The Hall–Kier alpha value is -3.42. The molecule has 2 aromatic carbocycles. The van der Waals surface area contributed by atoms with Crippen molar-refractivity contribution in [2.45, 2.75) is 24.2 Å². The number of likely N-dealkylation sites (N-methyl/N-ethyl adjacent to an activating group) is 1. The molecule has 9 nitrogen and oxygen atoms in total. The fourth-order valence-electron chi connectivity index (χ4n) is 4.52. The second-order valence-corrected chi connectivity index (χ2v) is 10.8. The zero-order chi connectivity index (χ0) is 26.4. The van der Waals surface area contributed by atoms with Crippen LogP contribution in [0.5, 0.6) is 0 Å². The largest absolute Gasteiger partial charge is 0.417 e. The molecule has 0 spiro atoms.